The van der Waals surface area contributed by atoms with Crippen LogP contribution in [0.5, 0.6) is 0 Å². The molecule has 3 aromatic rings. The predicted molar refractivity (Wildman–Crippen MR) is 92.5 cm³/mol. The molecule has 0 unspecified atom stereocenters. The van der Waals surface area contributed by atoms with E-state index in [1.165, 1.54) is 4.80 Å². The molecule has 8 heteroatoms. The van der Waals surface area contributed by atoms with Crippen molar-refractivity contribution in [1.29, 1.82) is 0 Å². The predicted octanol–water partition coefficient (Wildman–Crippen LogP) is 3.75. The molecule has 0 aliphatic heterocycles. The Bertz CT molecular complexity index is 825. The third-order valence-electron chi connectivity index (χ3n) is 3.35. The highest BCUT2D eigenvalue weighted by Crippen LogP contribution is 2.24. The van der Waals surface area contributed by atoms with Crippen molar-refractivity contribution < 1.29 is 9.21 Å². The molecule has 0 bridgehead atoms. The molecule has 7 nitrogen and oxygen atoms in total. The molecule has 24 heavy (non-hydrogen) atoms. The quantitative estimate of drug-likeness (QED) is 0.693. The minimum Gasteiger partial charge on any atom is -0.451 e. The van der Waals surface area contributed by atoms with Crippen LogP contribution < -0.4 is 5.32 Å². The van der Waals surface area contributed by atoms with Crippen LogP contribution in [0.1, 0.15) is 30.3 Å². The van der Waals surface area contributed by atoms with Crippen LogP contribution in [-0.4, -0.2) is 26.1 Å². The van der Waals surface area contributed by atoms with Gasteiger partial charge < -0.3 is 4.42 Å². The van der Waals surface area contributed by atoms with Gasteiger partial charge in [0.1, 0.15) is 5.76 Å². The molecule has 0 fully saturated rings. The third kappa shape index (κ3) is 3.88. The molecule has 0 aliphatic rings. The van der Waals surface area contributed by atoms with Gasteiger partial charge in [-0.1, -0.05) is 46.5 Å². The van der Waals surface area contributed by atoms with Crippen molar-refractivity contribution in [3.63, 3.8) is 0 Å². The van der Waals surface area contributed by atoms with Crippen LogP contribution in [0, 0.1) is 0 Å². The number of furan rings is 1. The molecule has 2 heterocycles. The number of nitrogens with one attached hydrogen (secondary N) is 1. The maximum atomic E-state index is 12.2. The van der Waals surface area contributed by atoms with Gasteiger partial charge in [-0.25, -0.2) is 0 Å². The number of anilines is 1. The second kappa shape index (κ2) is 7.39. The molecule has 1 N–H and O–H groups in total. The minimum atomic E-state index is -0.409. The molecule has 0 radical (unpaired) electrons. The number of benzene rings is 1. The summed E-state index contributed by atoms with van der Waals surface area (Å²) in [4.78, 5) is 13.7. The van der Waals surface area contributed by atoms with Gasteiger partial charge in [-0.2, -0.15) is 4.80 Å². The van der Waals surface area contributed by atoms with Crippen LogP contribution >= 0.6 is 15.9 Å². The van der Waals surface area contributed by atoms with Gasteiger partial charge in [-0.15, -0.1) is 5.10 Å². The molecular formula is C16H16BrN5O2. The van der Waals surface area contributed by atoms with E-state index in [4.69, 9.17) is 4.42 Å². The Labute approximate surface area is 147 Å². The van der Waals surface area contributed by atoms with Crippen molar-refractivity contribution >= 4 is 27.8 Å². The first-order chi connectivity index (χ1) is 11.7. The summed E-state index contributed by atoms with van der Waals surface area (Å²) < 4.78 is 6.58. The van der Waals surface area contributed by atoms with E-state index in [9.17, 15) is 4.79 Å². The SMILES string of the molecule is CCCCn1nnc(NC(=O)c2ccc(-c3ccc(Br)cc3)o2)n1. The number of unbranched alkanes of at least 4 members (excludes halogenated alkanes) is 1. The van der Waals surface area contributed by atoms with Gasteiger partial charge in [-0.3, -0.25) is 10.1 Å². The smallest absolute Gasteiger partial charge is 0.293 e. The number of carbonyl (C=O) groups is 1. The van der Waals surface area contributed by atoms with Crippen LogP contribution in [-0.2, 0) is 6.54 Å². The van der Waals surface area contributed by atoms with Crippen LogP contribution in [0.2, 0.25) is 0 Å². The van der Waals surface area contributed by atoms with E-state index >= 15 is 0 Å². The number of carbonyl (C=O) groups excluding carboxylic acids is 1. The third-order valence-corrected chi connectivity index (χ3v) is 3.88. The maximum absolute atomic E-state index is 12.2. The fourth-order valence-corrected chi connectivity index (χ4v) is 2.34. The summed E-state index contributed by atoms with van der Waals surface area (Å²) in [7, 11) is 0. The van der Waals surface area contributed by atoms with Crippen molar-refractivity contribution in [2.24, 2.45) is 0 Å². The number of aryl methyl sites for hydroxylation is 1. The molecule has 0 spiro atoms. The summed E-state index contributed by atoms with van der Waals surface area (Å²) in [6.07, 6.45) is 1.99. The number of aromatic nitrogens is 4. The summed E-state index contributed by atoms with van der Waals surface area (Å²) in [5, 5.41) is 14.4. The molecule has 1 aromatic carbocycles. The Balaban J connectivity index is 1.67. The van der Waals surface area contributed by atoms with Crippen LogP contribution in [0.15, 0.2) is 45.3 Å². The molecule has 0 saturated heterocycles. The summed E-state index contributed by atoms with van der Waals surface area (Å²) >= 11 is 3.38. The van der Waals surface area contributed by atoms with E-state index in [-0.39, 0.29) is 11.7 Å². The monoisotopic (exact) mass is 389 g/mol. The Hall–Kier alpha value is -2.48. The summed E-state index contributed by atoms with van der Waals surface area (Å²) in [6, 6.07) is 11.0. The molecule has 1 amide bonds. The van der Waals surface area contributed by atoms with Gasteiger partial charge in [0.2, 0.25) is 0 Å². The Morgan fingerprint density at radius 3 is 2.79 bits per heavy atom. The lowest BCUT2D eigenvalue weighted by Gasteiger charge is -1.98. The minimum absolute atomic E-state index is 0.165. The standard InChI is InChI=1S/C16H16BrN5O2/c1-2-3-10-22-20-16(19-21-22)18-15(23)14-9-8-13(24-14)11-4-6-12(17)7-5-11/h4-9H,2-3,10H2,1H3,(H,18,20,23). The molecule has 124 valence electrons. The van der Waals surface area contributed by atoms with Gasteiger partial charge >= 0.3 is 0 Å². The zero-order chi connectivity index (χ0) is 16.9. The fraction of sp³-hybridized carbons (Fsp3) is 0.250. The van der Waals surface area contributed by atoms with Gasteiger partial charge in [-0.05, 0) is 35.9 Å². The molecule has 0 atom stereocenters. The highest BCUT2D eigenvalue weighted by Gasteiger charge is 2.15. The normalized spacial score (nSPS) is 10.8. The number of hydrogen-bond acceptors (Lipinski definition) is 5. The molecule has 3 rings (SSSR count). The van der Waals surface area contributed by atoms with Gasteiger partial charge in [0.25, 0.3) is 11.9 Å². The zero-order valence-electron chi connectivity index (χ0n) is 13.1. The van der Waals surface area contributed by atoms with Crippen LogP contribution in [0.3, 0.4) is 0 Å². The lowest BCUT2D eigenvalue weighted by Crippen LogP contribution is -2.12. The Morgan fingerprint density at radius 1 is 1.25 bits per heavy atom. The maximum Gasteiger partial charge on any atom is 0.293 e. The van der Waals surface area contributed by atoms with Crippen molar-refractivity contribution in [2.45, 2.75) is 26.3 Å². The Morgan fingerprint density at radius 2 is 2.04 bits per heavy atom. The average Bonchev–Trinajstić information content (AvgIpc) is 3.23. The van der Waals surface area contributed by atoms with E-state index in [2.05, 4.69) is 43.6 Å². The number of nitrogens with zero attached hydrogens (tertiary/aromatic N) is 4. The molecule has 2 aromatic heterocycles. The van der Waals surface area contributed by atoms with Crippen molar-refractivity contribution in [3.8, 4) is 11.3 Å². The lowest BCUT2D eigenvalue weighted by molar-refractivity contribution is 0.0996. The lowest BCUT2D eigenvalue weighted by atomic mass is 10.2. The first-order valence-corrected chi connectivity index (χ1v) is 8.40. The van der Waals surface area contributed by atoms with Crippen LogP contribution in [0.4, 0.5) is 5.95 Å². The second-order valence-electron chi connectivity index (χ2n) is 5.19. The van der Waals surface area contributed by atoms with E-state index in [0.717, 1.165) is 22.9 Å². The van der Waals surface area contributed by atoms with E-state index < -0.39 is 5.91 Å². The highest BCUT2D eigenvalue weighted by atomic mass is 79.9. The summed E-state index contributed by atoms with van der Waals surface area (Å²) in [6.45, 7) is 2.76. The zero-order valence-corrected chi connectivity index (χ0v) is 14.7. The largest absolute Gasteiger partial charge is 0.451 e. The van der Waals surface area contributed by atoms with Crippen molar-refractivity contribution in [3.05, 3.63) is 46.6 Å². The topological polar surface area (TPSA) is 85.8 Å². The van der Waals surface area contributed by atoms with Crippen molar-refractivity contribution in [2.75, 3.05) is 5.32 Å². The summed E-state index contributed by atoms with van der Waals surface area (Å²) in [5.74, 6) is 0.566. The van der Waals surface area contributed by atoms with Gasteiger partial charge in [0.05, 0.1) is 6.54 Å². The summed E-state index contributed by atoms with van der Waals surface area (Å²) in [5.41, 5.74) is 0.890. The fourth-order valence-electron chi connectivity index (χ4n) is 2.08. The van der Waals surface area contributed by atoms with Crippen molar-refractivity contribution in [1.82, 2.24) is 20.2 Å². The van der Waals surface area contributed by atoms with E-state index in [0.29, 0.717) is 12.3 Å². The highest BCUT2D eigenvalue weighted by molar-refractivity contribution is 9.10. The number of hydrogen-bond donors (Lipinski definition) is 1. The molecule has 0 saturated carbocycles. The molecular weight excluding hydrogens is 374 g/mol. The number of amides is 1. The number of halogens is 1. The first kappa shape index (κ1) is 16.4. The van der Waals surface area contributed by atoms with Crippen LogP contribution in [0.25, 0.3) is 11.3 Å². The Kier molecular flexibility index (Phi) is 5.05. The number of tetrazole rings is 1. The van der Waals surface area contributed by atoms with Gasteiger partial charge in [0, 0.05) is 10.0 Å². The van der Waals surface area contributed by atoms with E-state index in [1.54, 1.807) is 12.1 Å². The average molecular weight is 390 g/mol. The second-order valence-corrected chi connectivity index (χ2v) is 6.10. The van der Waals surface area contributed by atoms with E-state index in [1.807, 2.05) is 24.3 Å². The molecule has 0 aliphatic carbocycles. The first-order valence-electron chi connectivity index (χ1n) is 7.60. The van der Waals surface area contributed by atoms with Gasteiger partial charge in [0.15, 0.2) is 5.76 Å². The number of rotatable bonds is 6.